The molecule has 8 heteroatoms. The van der Waals surface area contributed by atoms with Gasteiger partial charge in [0.1, 0.15) is 5.56 Å². The van der Waals surface area contributed by atoms with Gasteiger partial charge in [0.2, 0.25) is 0 Å². The molecule has 0 aliphatic heterocycles. The Labute approximate surface area is 88.0 Å². The maximum Gasteiger partial charge on any atom is 0.377 e. The number of nitro groups is 1. The second-order valence-electron chi connectivity index (χ2n) is 2.66. The van der Waals surface area contributed by atoms with E-state index in [0.29, 0.717) is 6.20 Å². The molecule has 0 aliphatic rings. The zero-order chi connectivity index (χ0) is 12.3. The van der Waals surface area contributed by atoms with Crippen molar-refractivity contribution in [3.63, 3.8) is 0 Å². The van der Waals surface area contributed by atoms with E-state index < -0.39 is 34.0 Å². The number of rotatable bonds is 4. The molecule has 1 heterocycles. The van der Waals surface area contributed by atoms with Gasteiger partial charge in [0, 0.05) is 0 Å². The number of ether oxygens (including phenoxy) is 1. The van der Waals surface area contributed by atoms with Gasteiger partial charge in [0.15, 0.2) is 23.8 Å². The molecular formula is C8H6F2N2O4. The third kappa shape index (κ3) is 1.95. The molecule has 0 spiro atoms. The summed E-state index contributed by atoms with van der Waals surface area (Å²) in [6, 6.07) is 0. The first kappa shape index (κ1) is 12.0. The smallest absolute Gasteiger partial charge is 0.377 e. The van der Waals surface area contributed by atoms with Crippen molar-refractivity contribution >= 4 is 12.1 Å². The van der Waals surface area contributed by atoms with E-state index in [0.717, 1.165) is 7.11 Å². The lowest BCUT2D eigenvalue weighted by atomic mass is 10.1. The average molecular weight is 232 g/mol. The van der Waals surface area contributed by atoms with Gasteiger partial charge in [-0.1, -0.05) is 0 Å². The summed E-state index contributed by atoms with van der Waals surface area (Å²) in [5, 5.41) is 10.5. The Bertz CT molecular complexity index is 436. The number of alkyl halides is 2. The minimum absolute atomic E-state index is 0.0653. The standard InChI is InChI=1S/C8H6F2N2O4/c1-16-6-4(7(9)10)2-11-8(12(14)15)5(6)3-13/h2-3,7H,1H3. The number of carbonyl (C=O) groups is 1. The van der Waals surface area contributed by atoms with Gasteiger partial charge in [0.25, 0.3) is 6.43 Å². The number of halogens is 2. The van der Waals surface area contributed by atoms with E-state index >= 15 is 0 Å². The molecule has 6 nitrogen and oxygen atoms in total. The Morgan fingerprint density at radius 3 is 2.62 bits per heavy atom. The molecule has 0 bridgehead atoms. The Morgan fingerprint density at radius 2 is 2.25 bits per heavy atom. The lowest BCUT2D eigenvalue weighted by Crippen LogP contribution is -2.04. The highest BCUT2D eigenvalue weighted by Crippen LogP contribution is 2.34. The highest BCUT2D eigenvalue weighted by molar-refractivity contribution is 5.85. The molecule has 0 aromatic carbocycles. The fourth-order valence-electron chi connectivity index (χ4n) is 1.15. The van der Waals surface area contributed by atoms with Crippen molar-refractivity contribution in [2.24, 2.45) is 0 Å². The molecule has 0 unspecified atom stereocenters. The molecule has 1 aromatic rings. The van der Waals surface area contributed by atoms with Crippen LogP contribution in [-0.4, -0.2) is 23.3 Å². The predicted molar refractivity (Wildman–Crippen MR) is 47.8 cm³/mol. The second-order valence-corrected chi connectivity index (χ2v) is 2.66. The highest BCUT2D eigenvalue weighted by atomic mass is 19.3. The average Bonchev–Trinajstić information content (AvgIpc) is 2.26. The van der Waals surface area contributed by atoms with Crippen LogP contribution < -0.4 is 4.74 Å². The van der Waals surface area contributed by atoms with E-state index in [1.54, 1.807) is 0 Å². The normalized spacial score (nSPS) is 10.2. The molecule has 0 amide bonds. The van der Waals surface area contributed by atoms with E-state index in [1.807, 2.05) is 0 Å². The molecule has 0 N–H and O–H groups in total. The Balaban J connectivity index is 3.52. The van der Waals surface area contributed by atoms with E-state index in [4.69, 9.17) is 0 Å². The molecule has 1 aromatic heterocycles. The summed E-state index contributed by atoms with van der Waals surface area (Å²) in [5.41, 5.74) is -1.25. The van der Waals surface area contributed by atoms with E-state index in [9.17, 15) is 23.7 Å². The number of hydrogen-bond acceptors (Lipinski definition) is 5. The number of pyridine rings is 1. The number of hydrogen-bond donors (Lipinski definition) is 0. The molecule has 86 valence electrons. The van der Waals surface area contributed by atoms with E-state index in [1.165, 1.54) is 0 Å². The Hall–Kier alpha value is -2.12. The fourth-order valence-corrected chi connectivity index (χ4v) is 1.15. The number of nitrogens with zero attached hydrogens (tertiary/aromatic N) is 2. The number of carbonyl (C=O) groups excluding carboxylic acids is 1. The van der Waals surface area contributed by atoms with Gasteiger partial charge in [-0.15, -0.1) is 0 Å². The molecule has 0 saturated heterocycles. The highest BCUT2D eigenvalue weighted by Gasteiger charge is 2.27. The monoisotopic (exact) mass is 232 g/mol. The lowest BCUT2D eigenvalue weighted by molar-refractivity contribution is -0.389. The van der Waals surface area contributed by atoms with Gasteiger partial charge in [-0.05, 0) is 9.91 Å². The molecule has 16 heavy (non-hydrogen) atoms. The summed E-state index contributed by atoms with van der Waals surface area (Å²) in [6.45, 7) is 0. The van der Waals surface area contributed by atoms with Crippen LogP contribution in [0.25, 0.3) is 0 Å². The first-order valence-corrected chi connectivity index (χ1v) is 3.97. The van der Waals surface area contributed by atoms with Gasteiger partial charge in [-0.2, -0.15) is 0 Å². The zero-order valence-electron chi connectivity index (χ0n) is 8.02. The third-order valence-corrected chi connectivity index (χ3v) is 1.80. The summed E-state index contributed by atoms with van der Waals surface area (Å²) in [6.07, 6.45) is -2.24. The quantitative estimate of drug-likeness (QED) is 0.448. The summed E-state index contributed by atoms with van der Waals surface area (Å²) in [5.74, 6) is -1.33. The molecule has 0 atom stereocenters. The second kappa shape index (κ2) is 4.60. The summed E-state index contributed by atoms with van der Waals surface area (Å²) in [4.78, 5) is 23.3. The van der Waals surface area contributed by atoms with Crippen molar-refractivity contribution in [2.75, 3.05) is 7.11 Å². The van der Waals surface area contributed by atoms with Gasteiger partial charge >= 0.3 is 5.82 Å². The molecule has 1 rings (SSSR count). The van der Waals surface area contributed by atoms with Crippen molar-refractivity contribution < 1.29 is 23.2 Å². The number of aldehydes is 1. The van der Waals surface area contributed by atoms with Crippen molar-refractivity contribution in [2.45, 2.75) is 6.43 Å². The van der Waals surface area contributed by atoms with Gasteiger partial charge in [-0.3, -0.25) is 4.79 Å². The van der Waals surface area contributed by atoms with Crippen LogP contribution in [0.2, 0.25) is 0 Å². The van der Waals surface area contributed by atoms with E-state index in [2.05, 4.69) is 9.72 Å². The van der Waals surface area contributed by atoms with Crippen LogP contribution in [0.15, 0.2) is 6.20 Å². The lowest BCUT2D eigenvalue weighted by Gasteiger charge is -2.07. The van der Waals surface area contributed by atoms with Crippen LogP contribution in [-0.2, 0) is 0 Å². The van der Waals surface area contributed by atoms with Crippen molar-refractivity contribution in [3.05, 3.63) is 27.4 Å². The van der Waals surface area contributed by atoms with Gasteiger partial charge in [0.05, 0.1) is 7.11 Å². The van der Waals surface area contributed by atoms with Crippen LogP contribution in [0.4, 0.5) is 14.6 Å². The minimum atomic E-state index is -2.93. The minimum Gasteiger partial charge on any atom is -0.495 e. The van der Waals surface area contributed by atoms with Crippen molar-refractivity contribution in [1.82, 2.24) is 4.98 Å². The molecule has 0 fully saturated rings. The first-order chi connectivity index (χ1) is 7.52. The van der Waals surface area contributed by atoms with Crippen LogP contribution in [0.3, 0.4) is 0 Å². The molecular weight excluding hydrogens is 226 g/mol. The first-order valence-electron chi connectivity index (χ1n) is 3.97. The topological polar surface area (TPSA) is 82.3 Å². The summed E-state index contributed by atoms with van der Waals surface area (Å²) in [7, 11) is 1.04. The molecule has 0 radical (unpaired) electrons. The maximum atomic E-state index is 12.5. The fraction of sp³-hybridized carbons (Fsp3) is 0.250. The SMILES string of the molecule is COc1c(C(F)F)cnc([N+](=O)[O-])c1C=O. The molecule has 0 saturated carbocycles. The van der Waals surface area contributed by atoms with Crippen LogP contribution in [0.1, 0.15) is 22.3 Å². The predicted octanol–water partition coefficient (Wildman–Crippen LogP) is 1.75. The van der Waals surface area contributed by atoms with Crippen molar-refractivity contribution in [3.8, 4) is 5.75 Å². The van der Waals surface area contributed by atoms with Crippen LogP contribution in [0, 0.1) is 10.1 Å². The largest absolute Gasteiger partial charge is 0.495 e. The third-order valence-electron chi connectivity index (χ3n) is 1.80. The number of aromatic nitrogens is 1. The molecule has 0 aliphatic carbocycles. The summed E-state index contributed by atoms with van der Waals surface area (Å²) >= 11 is 0. The summed E-state index contributed by atoms with van der Waals surface area (Å²) < 4.78 is 29.5. The number of methoxy groups -OCH3 is 1. The Kier molecular flexibility index (Phi) is 3.44. The maximum absolute atomic E-state index is 12.5. The van der Waals surface area contributed by atoms with Gasteiger partial charge in [-0.25, -0.2) is 8.78 Å². The Morgan fingerprint density at radius 1 is 1.62 bits per heavy atom. The van der Waals surface area contributed by atoms with Crippen molar-refractivity contribution in [1.29, 1.82) is 0 Å². The zero-order valence-corrected chi connectivity index (χ0v) is 8.02. The van der Waals surface area contributed by atoms with Crippen LogP contribution in [0.5, 0.6) is 5.75 Å². The van der Waals surface area contributed by atoms with Gasteiger partial charge < -0.3 is 14.9 Å². The van der Waals surface area contributed by atoms with Crippen LogP contribution >= 0.6 is 0 Å². The van der Waals surface area contributed by atoms with E-state index in [-0.39, 0.29) is 6.29 Å².